The van der Waals surface area contributed by atoms with Gasteiger partial charge in [-0.05, 0) is 62.3 Å². The Morgan fingerprint density at radius 2 is 1.50 bits per heavy atom. The first-order valence-corrected chi connectivity index (χ1v) is 13.6. The Morgan fingerprint density at radius 1 is 0.800 bits per heavy atom. The molecule has 1 heterocycles. The fourth-order valence-electron chi connectivity index (χ4n) is 5.22. The van der Waals surface area contributed by atoms with Gasteiger partial charge in [-0.25, -0.2) is 0 Å². The Morgan fingerprint density at radius 3 is 2.27 bits per heavy atom. The molecule has 2 aliphatic carbocycles. The summed E-state index contributed by atoms with van der Waals surface area (Å²) >= 11 is 2.61. The minimum absolute atomic E-state index is 0.389. The molecule has 1 N–H and O–H groups in total. The minimum Gasteiger partial charge on any atom is -0.494 e. The van der Waals surface area contributed by atoms with Crippen LogP contribution in [0.2, 0.25) is 0 Å². The molecule has 164 valence electrons. The summed E-state index contributed by atoms with van der Waals surface area (Å²) in [7, 11) is 0. The molecule has 2 unspecified atom stereocenters. The third-order valence-electron chi connectivity index (χ3n) is 7.04. The van der Waals surface area contributed by atoms with Gasteiger partial charge in [-0.1, -0.05) is 97.5 Å². The highest BCUT2D eigenvalue weighted by Crippen LogP contribution is 2.37. The average molecular weight is 520 g/mol. The van der Waals surface area contributed by atoms with Gasteiger partial charge < -0.3 is 10.1 Å². The molecule has 3 heteroatoms. The van der Waals surface area contributed by atoms with Gasteiger partial charge >= 0.3 is 0 Å². The van der Waals surface area contributed by atoms with Gasteiger partial charge in [-0.3, -0.25) is 0 Å². The first kappa shape index (κ1) is 22.4. The number of nitrogens with one attached hydrogen (secondary N) is 1. The lowest BCUT2D eigenvalue weighted by atomic mass is 9.83. The lowest BCUT2D eigenvalue weighted by Gasteiger charge is -2.36. The average Bonchev–Trinajstić information content (AvgIpc) is 2.77. The minimum atomic E-state index is 0.389. The van der Waals surface area contributed by atoms with E-state index in [0.717, 1.165) is 10.5 Å². The molecule has 1 aromatic rings. The Balaban J connectivity index is 1.56. The third kappa shape index (κ3) is 6.35. The van der Waals surface area contributed by atoms with Gasteiger partial charge in [0.2, 0.25) is 0 Å². The van der Waals surface area contributed by atoms with Gasteiger partial charge in [0.05, 0.1) is 6.10 Å². The summed E-state index contributed by atoms with van der Waals surface area (Å²) in [6.45, 7) is 1.12. The number of alkyl halides is 1. The number of hydrogen-bond donors (Lipinski definition) is 1. The molecule has 2 nitrogen and oxygen atoms in total. The second-order valence-corrected chi connectivity index (χ2v) is 11.1. The molecule has 1 aromatic carbocycles. The summed E-state index contributed by atoms with van der Waals surface area (Å²) in [5.74, 6) is 1.73. The van der Waals surface area contributed by atoms with Crippen molar-refractivity contribution in [1.82, 2.24) is 5.32 Å². The van der Waals surface area contributed by atoms with Crippen molar-refractivity contribution in [3.8, 4) is 0 Å². The molecule has 0 spiro atoms. The lowest BCUT2D eigenvalue weighted by Crippen LogP contribution is -2.39. The van der Waals surface area contributed by atoms with Gasteiger partial charge in [-0.2, -0.15) is 0 Å². The zero-order valence-electron chi connectivity index (χ0n) is 18.3. The van der Waals surface area contributed by atoms with Crippen LogP contribution in [0.5, 0.6) is 0 Å². The van der Waals surface area contributed by atoms with E-state index in [2.05, 4.69) is 70.4 Å². The van der Waals surface area contributed by atoms with Crippen molar-refractivity contribution in [2.24, 2.45) is 5.92 Å². The Labute approximate surface area is 197 Å². The van der Waals surface area contributed by atoms with Crippen LogP contribution in [0.25, 0.3) is 5.57 Å². The van der Waals surface area contributed by atoms with Gasteiger partial charge in [0.1, 0.15) is 5.76 Å². The molecular weight excluding hydrogens is 481 g/mol. The summed E-state index contributed by atoms with van der Waals surface area (Å²) in [6, 6.07) is 11.3. The smallest absolute Gasteiger partial charge is 0.102 e. The quantitative estimate of drug-likeness (QED) is 0.331. The van der Waals surface area contributed by atoms with Crippen LogP contribution in [0.4, 0.5) is 0 Å². The first-order chi connectivity index (χ1) is 14.8. The summed E-state index contributed by atoms with van der Waals surface area (Å²) in [5, 5.41) is 3.92. The maximum atomic E-state index is 6.80. The zero-order chi connectivity index (χ0) is 20.6. The molecule has 0 bridgehead atoms. The van der Waals surface area contributed by atoms with Crippen LogP contribution in [0.1, 0.15) is 82.6 Å². The number of fused-ring (bicyclic) bond motifs is 1. The molecule has 2 fully saturated rings. The van der Waals surface area contributed by atoms with E-state index in [4.69, 9.17) is 4.74 Å². The predicted molar refractivity (Wildman–Crippen MR) is 136 cm³/mol. The Bertz CT molecular complexity index is 705. The summed E-state index contributed by atoms with van der Waals surface area (Å²) in [6.07, 6.45) is 21.1. The van der Waals surface area contributed by atoms with Crippen molar-refractivity contribution in [1.29, 1.82) is 0 Å². The highest BCUT2D eigenvalue weighted by Gasteiger charge is 2.31. The van der Waals surface area contributed by atoms with Gasteiger partial charge in [0.25, 0.3) is 0 Å². The van der Waals surface area contributed by atoms with E-state index in [1.165, 1.54) is 93.9 Å². The number of rotatable bonds is 3. The molecule has 1 saturated carbocycles. The summed E-state index contributed by atoms with van der Waals surface area (Å²) in [5.41, 5.74) is 2.63. The second-order valence-electron chi connectivity index (χ2n) is 9.38. The van der Waals surface area contributed by atoms with Crippen molar-refractivity contribution in [2.75, 3.05) is 6.54 Å². The van der Waals surface area contributed by atoms with Crippen LogP contribution in [0.15, 0.2) is 48.2 Å². The van der Waals surface area contributed by atoms with Crippen LogP contribution in [-0.4, -0.2) is 22.6 Å². The van der Waals surface area contributed by atoms with E-state index in [1.54, 1.807) is 0 Å². The standard InChI is InChI=1S/C27H38INO/c28-23-14-16-24(17-15-23)30-27-20-22(21-11-7-6-8-12-21)19-26-25(27)13-9-4-2-1-3-5-10-18-29-26/h6-8,11-12,19-20,23-26,29H,1-5,9-10,13-18H2. The number of halogens is 1. The predicted octanol–water partition coefficient (Wildman–Crippen LogP) is 7.44. The fourth-order valence-corrected chi connectivity index (χ4v) is 5.94. The van der Waals surface area contributed by atoms with Crippen molar-refractivity contribution in [3.63, 3.8) is 0 Å². The van der Waals surface area contributed by atoms with Crippen LogP contribution < -0.4 is 5.32 Å². The van der Waals surface area contributed by atoms with Crippen molar-refractivity contribution < 1.29 is 4.74 Å². The molecule has 0 amide bonds. The van der Waals surface area contributed by atoms with Gasteiger partial charge in [-0.15, -0.1) is 0 Å². The molecule has 0 aromatic heterocycles. The summed E-state index contributed by atoms with van der Waals surface area (Å²) < 4.78 is 7.63. The fraction of sp³-hybridized carbons (Fsp3) is 0.630. The van der Waals surface area contributed by atoms with E-state index in [-0.39, 0.29) is 0 Å². The Kier molecular flexibility index (Phi) is 8.74. The molecule has 4 rings (SSSR count). The lowest BCUT2D eigenvalue weighted by molar-refractivity contribution is 0.0592. The van der Waals surface area contributed by atoms with Crippen LogP contribution >= 0.6 is 22.6 Å². The van der Waals surface area contributed by atoms with Gasteiger partial charge in [0.15, 0.2) is 0 Å². The van der Waals surface area contributed by atoms with Crippen LogP contribution in [-0.2, 0) is 4.74 Å². The molecule has 1 aliphatic heterocycles. The number of benzene rings is 1. The third-order valence-corrected chi connectivity index (χ3v) is 8.29. The SMILES string of the molecule is IC1CCC(OC2=CC(c3ccccc3)=CC3NCCCCCCCCCC23)CC1. The maximum Gasteiger partial charge on any atom is 0.102 e. The number of allylic oxidation sites excluding steroid dienone is 2. The van der Waals surface area contributed by atoms with Gasteiger partial charge in [0, 0.05) is 15.9 Å². The number of hydrogen-bond acceptors (Lipinski definition) is 2. The highest BCUT2D eigenvalue weighted by atomic mass is 127. The van der Waals surface area contributed by atoms with E-state index in [1.807, 2.05) is 0 Å². The molecular formula is C27H38INO. The molecule has 30 heavy (non-hydrogen) atoms. The van der Waals surface area contributed by atoms with E-state index < -0.39 is 0 Å². The van der Waals surface area contributed by atoms with Crippen LogP contribution in [0.3, 0.4) is 0 Å². The van der Waals surface area contributed by atoms with Crippen molar-refractivity contribution >= 4 is 28.2 Å². The van der Waals surface area contributed by atoms with E-state index >= 15 is 0 Å². The highest BCUT2D eigenvalue weighted by molar-refractivity contribution is 14.1. The largest absolute Gasteiger partial charge is 0.494 e. The normalized spacial score (nSPS) is 31.4. The first-order valence-electron chi connectivity index (χ1n) is 12.3. The monoisotopic (exact) mass is 519 g/mol. The maximum absolute atomic E-state index is 6.80. The Hall–Kier alpha value is -0.810. The molecule has 1 saturated heterocycles. The molecule has 3 aliphatic rings. The van der Waals surface area contributed by atoms with E-state index in [0.29, 0.717) is 18.1 Å². The molecule has 2 atom stereocenters. The van der Waals surface area contributed by atoms with Crippen molar-refractivity contribution in [2.45, 2.75) is 93.1 Å². The zero-order valence-corrected chi connectivity index (χ0v) is 20.5. The van der Waals surface area contributed by atoms with Crippen LogP contribution in [0, 0.1) is 5.92 Å². The number of ether oxygens (including phenoxy) is 1. The summed E-state index contributed by atoms with van der Waals surface area (Å²) in [4.78, 5) is 0. The topological polar surface area (TPSA) is 21.3 Å². The van der Waals surface area contributed by atoms with E-state index in [9.17, 15) is 0 Å². The molecule has 0 radical (unpaired) electrons. The second kappa shape index (κ2) is 11.7. The van der Waals surface area contributed by atoms with Crippen molar-refractivity contribution in [3.05, 3.63) is 53.8 Å².